The second-order valence-electron chi connectivity index (χ2n) is 10.8. The van der Waals surface area contributed by atoms with Crippen molar-refractivity contribution in [3.05, 3.63) is 40.4 Å². The zero-order valence-corrected chi connectivity index (χ0v) is 25.2. The van der Waals surface area contributed by atoms with Gasteiger partial charge in [0, 0.05) is 51.4 Å². The number of nitrogens with zero attached hydrogens (tertiary/aromatic N) is 9. The summed E-state index contributed by atoms with van der Waals surface area (Å²) in [7, 11) is 1.95. The van der Waals surface area contributed by atoms with Crippen LogP contribution in [0.2, 0.25) is 0 Å². The fraction of sp³-hybridized carbons (Fsp3) is 0.464. The van der Waals surface area contributed by atoms with Crippen LogP contribution in [-0.2, 0) is 11.2 Å². The Labute approximate surface area is 246 Å². The maximum Gasteiger partial charge on any atom is 0.236 e. The van der Waals surface area contributed by atoms with Crippen molar-refractivity contribution >= 4 is 49.6 Å². The summed E-state index contributed by atoms with van der Waals surface area (Å²) < 4.78 is 1.90. The Kier molecular flexibility index (Phi) is 7.41. The van der Waals surface area contributed by atoms with Gasteiger partial charge in [-0.25, -0.2) is 9.97 Å². The molecule has 1 aromatic carbocycles. The number of aryl methyl sites for hydroxylation is 2. The van der Waals surface area contributed by atoms with E-state index in [-0.39, 0.29) is 18.1 Å². The number of amides is 1. The topological polar surface area (TPSA) is 117 Å². The normalized spacial score (nSPS) is 18.1. The van der Waals surface area contributed by atoms with E-state index in [1.807, 2.05) is 47.7 Å². The quantitative estimate of drug-likeness (QED) is 0.346. The van der Waals surface area contributed by atoms with Gasteiger partial charge in [-0.2, -0.15) is 9.78 Å². The number of β-amino-alcohol motifs (C(OH)–C–C–N with tert-alkyl or cyclic N) is 1. The Morgan fingerprint density at radius 2 is 1.93 bits per heavy atom. The van der Waals surface area contributed by atoms with Gasteiger partial charge < -0.3 is 19.8 Å². The standard InChI is InChI=1S/C28H33N9O2S2/c1-5-21-25(33(4)26-31-24(22(12-29)40-26)19-8-6-17(2)7-9-19)37-27(30-21)41-28(32-37)36-11-10-34(13-18(36)3)16-23(39)35-14-20(38)15-35/h6-9,18,20,38H,5,10-11,13-16H2,1-4H3/t18-/m0/s1. The van der Waals surface area contributed by atoms with Gasteiger partial charge in [-0.15, -0.1) is 5.10 Å². The fourth-order valence-corrected chi connectivity index (χ4v) is 7.29. The highest BCUT2D eigenvalue weighted by Crippen LogP contribution is 2.38. The highest BCUT2D eigenvalue weighted by atomic mass is 32.1. The molecule has 3 aromatic heterocycles. The third-order valence-electron chi connectivity index (χ3n) is 7.75. The van der Waals surface area contributed by atoms with Crippen LogP contribution in [0, 0.1) is 18.3 Å². The van der Waals surface area contributed by atoms with Crippen molar-refractivity contribution in [2.45, 2.75) is 39.3 Å². The molecular weight excluding hydrogens is 559 g/mol. The molecular formula is C28H33N9O2S2. The van der Waals surface area contributed by atoms with Crippen molar-refractivity contribution < 1.29 is 9.90 Å². The minimum atomic E-state index is -0.380. The van der Waals surface area contributed by atoms with E-state index in [4.69, 9.17) is 15.1 Å². The minimum absolute atomic E-state index is 0.0794. The molecule has 2 saturated heterocycles. The van der Waals surface area contributed by atoms with Crippen molar-refractivity contribution in [3.63, 3.8) is 0 Å². The number of imidazole rings is 1. The maximum absolute atomic E-state index is 12.5. The van der Waals surface area contributed by atoms with Gasteiger partial charge in [0.25, 0.3) is 0 Å². The number of piperazine rings is 1. The molecule has 11 nitrogen and oxygen atoms in total. The highest BCUT2D eigenvalue weighted by molar-refractivity contribution is 7.20. The Morgan fingerprint density at radius 1 is 1.17 bits per heavy atom. The number of nitriles is 1. The molecule has 6 rings (SSSR count). The van der Waals surface area contributed by atoms with E-state index in [2.05, 4.69) is 29.7 Å². The van der Waals surface area contributed by atoms with Crippen molar-refractivity contribution in [2.75, 3.05) is 56.1 Å². The lowest BCUT2D eigenvalue weighted by atomic mass is 10.1. The Bertz CT molecular complexity index is 1610. The van der Waals surface area contributed by atoms with Crippen molar-refractivity contribution in [3.8, 4) is 17.3 Å². The van der Waals surface area contributed by atoms with Gasteiger partial charge in [-0.1, -0.05) is 59.4 Å². The second kappa shape index (κ2) is 11.0. The molecule has 0 aliphatic carbocycles. The van der Waals surface area contributed by atoms with E-state index in [9.17, 15) is 15.2 Å². The van der Waals surface area contributed by atoms with Crippen LogP contribution in [0.1, 0.15) is 30.0 Å². The van der Waals surface area contributed by atoms with Crippen molar-refractivity contribution in [2.24, 2.45) is 0 Å². The molecule has 2 aliphatic rings. The summed E-state index contributed by atoms with van der Waals surface area (Å²) in [5.41, 5.74) is 3.69. The third kappa shape index (κ3) is 5.17. The van der Waals surface area contributed by atoms with Gasteiger partial charge in [0.2, 0.25) is 16.0 Å². The molecule has 2 fully saturated rings. The van der Waals surface area contributed by atoms with Crippen LogP contribution < -0.4 is 9.80 Å². The molecule has 0 spiro atoms. The van der Waals surface area contributed by atoms with E-state index in [1.54, 1.807) is 16.2 Å². The predicted octanol–water partition coefficient (Wildman–Crippen LogP) is 3.14. The van der Waals surface area contributed by atoms with Crippen LogP contribution in [0.4, 0.5) is 16.1 Å². The number of aromatic nitrogens is 4. The number of thiazole rings is 1. The lowest BCUT2D eigenvalue weighted by Crippen LogP contribution is -2.58. The first-order valence-electron chi connectivity index (χ1n) is 13.8. The summed E-state index contributed by atoms with van der Waals surface area (Å²) in [6, 6.07) is 10.6. The monoisotopic (exact) mass is 591 g/mol. The molecule has 5 heterocycles. The van der Waals surface area contributed by atoms with Crippen molar-refractivity contribution in [1.29, 1.82) is 5.26 Å². The van der Waals surface area contributed by atoms with E-state index in [0.29, 0.717) is 35.3 Å². The molecule has 0 radical (unpaired) electrons. The van der Waals surface area contributed by atoms with Crippen LogP contribution >= 0.6 is 22.7 Å². The first-order valence-corrected chi connectivity index (χ1v) is 15.4. The first kappa shape index (κ1) is 27.6. The molecule has 214 valence electrons. The van der Waals surface area contributed by atoms with Crippen LogP contribution in [0.3, 0.4) is 0 Å². The smallest absolute Gasteiger partial charge is 0.236 e. The minimum Gasteiger partial charge on any atom is -0.389 e. The maximum atomic E-state index is 12.5. The molecule has 0 saturated carbocycles. The molecule has 0 unspecified atom stereocenters. The van der Waals surface area contributed by atoms with Crippen LogP contribution in [0.15, 0.2) is 24.3 Å². The number of hydrogen-bond donors (Lipinski definition) is 1. The Morgan fingerprint density at radius 3 is 2.59 bits per heavy atom. The number of aliphatic hydroxyl groups excluding tert-OH is 1. The molecule has 41 heavy (non-hydrogen) atoms. The molecule has 0 bridgehead atoms. The Hall–Kier alpha value is -3.57. The van der Waals surface area contributed by atoms with Gasteiger partial charge >= 0.3 is 0 Å². The molecule has 2 aliphatic heterocycles. The molecule has 13 heteroatoms. The first-order chi connectivity index (χ1) is 19.7. The average Bonchev–Trinajstić information content (AvgIpc) is 3.64. The number of likely N-dealkylation sites (tertiary alicyclic amines) is 1. The number of fused-ring (bicyclic) bond motifs is 1. The molecule has 1 amide bonds. The highest BCUT2D eigenvalue weighted by Gasteiger charge is 2.33. The fourth-order valence-electron chi connectivity index (χ4n) is 5.40. The Balaban J connectivity index is 1.23. The van der Waals surface area contributed by atoms with Gasteiger partial charge in [0.15, 0.2) is 10.9 Å². The van der Waals surface area contributed by atoms with E-state index < -0.39 is 0 Å². The van der Waals surface area contributed by atoms with E-state index in [1.165, 1.54) is 11.3 Å². The zero-order chi connectivity index (χ0) is 28.8. The lowest BCUT2D eigenvalue weighted by Gasteiger charge is -2.41. The number of carbonyl (C=O) groups is 1. The van der Waals surface area contributed by atoms with Crippen LogP contribution in [0.5, 0.6) is 0 Å². The largest absolute Gasteiger partial charge is 0.389 e. The summed E-state index contributed by atoms with van der Waals surface area (Å²) >= 11 is 2.93. The molecule has 1 N–H and O–H groups in total. The van der Waals surface area contributed by atoms with Gasteiger partial charge in [0.05, 0.1) is 18.3 Å². The number of anilines is 3. The summed E-state index contributed by atoms with van der Waals surface area (Å²) in [6.45, 7) is 9.82. The number of carbonyl (C=O) groups excluding carboxylic acids is 1. The van der Waals surface area contributed by atoms with Gasteiger partial charge in [-0.3, -0.25) is 9.69 Å². The van der Waals surface area contributed by atoms with E-state index >= 15 is 0 Å². The average molecular weight is 592 g/mol. The van der Waals surface area contributed by atoms with Crippen LogP contribution in [-0.4, -0.2) is 98.9 Å². The van der Waals surface area contributed by atoms with Gasteiger partial charge in [-0.05, 0) is 20.3 Å². The summed E-state index contributed by atoms with van der Waals surface area (Å²) in [5, 5.41) is 26.0. The summed E-state index contributed by atoms with van der Waals surface area (Å²) in [6.07, 6.45) is 0.360. The van der Waals surface area contributed by atoms with Gasteiger partial charge in [0.1, 0.15) is 16.6 Å². The second-order valence-corrected chi connectivity index (χ2v) is 12.7. The van der Waals surface area contributed by atoms with Crippen molar-refractivity contribution in [1.82, 2.24) is 29.4 Å². The number of benzene rings is 1. The third-order valence-corrected chi connectivity index (χ3v) is 9.73. The van der Waals surface area contributed by atoms with Crippen LogP contribution in [0.25, 0.3) is 16.2 Å². The molecule has 4 aromatic rings. The SMILES string of the molecule is CCc1nc2sc(N3CCN(CC(=O)N4CC(O)C4)C[C@@H]3C)nn2c1N(C)c1nc(-c2ccc(C)cc2)c(C#N)s1. The summed E-state index contributed by atoms with van der Waals surface area (Å²) in [5.74, 6) is 0.933. The summed E-state index contributed by atoms with van der Waals surface area (Å²) in [4.78, 5) is 31.9. The number of aliphatic hydroxyl groups is 1. The van der Waals surface area contributed by atoms with E-state index in [0.717, 1.165) is 58.8 Å². The number of rotatable bonds is 7. The predicted molar refractivity (Wildman–Crippen MR) is 161 cm³/mol. The molecule has 1 atom stereocenters. The lowest BCUT2D eigenvalue weighted by molar-refractivity contribution is -0.142. The zero-order valence-electron chi connectivity index (χ0n) is 23.6. The number of hydrogen-bond acceptors (Lipinski definition) is 11.